The van der Waals surface area contributed by atoms with Gasteiger partial charge in [0.15, 0.2) is 0 Å². The molecule has 0 bridgehead atoms. The number of carbonyl (C=O) groups is 3. The highest BCUT2D eigenvalue weighted by atomic mass is 16.6. The van der Waals surface area contributed by atoms with Crippen molar-refractivity contribution in [1.82, 2.24) is 10.2 Å². The van der Waals surface area contributed by atoms with Gasteiger partial charge in [-0.05, 0) is 44.6 Å². The Balaban J connectivity index is 2.11. The van der Waals surface area contributed by atoms with Crippen molar-refractivity contribution in [2.24, 2.45) is 17.8 Å². The summed E-state index contributed by atoms with van der Waals surface area (Å²) in [5.41, 5.74) is 0.377. The van der Waals surface area contributed by atoms with Crippen molar-refractivity contribution in [3.8, 4) is 0 Å². The fourth-order valence-electron chi connectivity index (χ4n) is 3.60. The predicted molar refractivity (Wildman–Crippen MR) is 109 cm³/mol. The minimum atomic E-state index is -0.901. The first kappa shape index (κ1) is 22.7. The van der Waals surface area contributed by atoms with Crippen LogP contribution >= 0.6 is 0 Å². The highest BCUT2D eigenvalue weighted by molar-refractivity contribution is 5.87. The van der Waals surface area contributed by atoms with Gasteiger partial charge in [-0.3, -0.25) is 9.59 Å². The maximum absolute atomic E-state index is 13.1. The highest BCUT2D eigenvalue weighted by Gasteiger charge is 2.42. The minimum Gasteiger partial charge on any atom is -0.481 e. The van der Waals surface area contributed by atoms with Crippen LogP contribution in [0, 0.1) is 17.8 Å². The molecule has 1 aliphatic rings. The molecule has 1 aromatic rings. The average Bonchev–Trinajstić information content (AvgIpc) is 3.02. The summed E-state index contributed by atoms with van der Waals surface area (Å²) >= 11 is 0. The average molecular weight is 405 g/mol. The number of carboxylic acids is 1. The molecule has 0 saturated carbocycles. The van der Waals surface area contributed by atoms with Crippen LogP contribution in [0.2, 0.25) is 0 Å². The number of nitrogens with one attached hydrogen (secondary N) is 1. The summed E-state index contributed by atoms with van der Waals surface area (Å²) in [6.07, 6.45) is -0.0627. The van der Waals surface area contributed by atoms with Crippen molar-refractivity contribution in [3.63, 3.8) is 0 Å². The van der Waals surface area contributed by atoms with Gasteiger partial charge in [0, 0.05) is 13.1 Å². The number of hydrogen-bond donors (Lipinski definition) is 2. The first-order valence-corrected chi connectivity index (χ1v) is 10.0. The zero-order valence-electron chi connectivity index (χ0n) is 17.8. The van der Waals surface area contributed by atoms with Gasteiger partial charge in [0.25, 0.3) is 0 Å². The van der Waals surface area contributed by atoms with Gasteiger partial charge in [-0.25, -0.2) is 4.79 Å². The van der Waals surface area contributed by atoms with E-state index in [1.165, 1.54) is 0 Å². The van der Waals surface area contributed by atoms with Gasteiger partial charge in [0.05, 0.1) is 5.92 Å². The number of rotatable bonds is 6. The Morgan fingerprint density at radius 3 is 2.31 bits per heavy atom. The Morgan fingerprint density at radius 2 is 1.79 bits per heavy atom. The lowest BCUT2D eigenvalue weighted by molar-refractivity contribution is -0.142. The topological polar surface area (TPSA) is 95.9 Å². The molecule has 3 atom stereocenters. The van der Waals surface area contributed by atoms with Crippen molar-refractivity contribution in [2.45, 2.75) is 52.7 Å². The Kier molecular flexibility index (Phi) is 7.27. The monoisotopic (exact) mass is 404 g/mol. The zero-order chi connectivity index (χ0) is 21.8. The van der Waals surface area contributed by atoms with Crippen molar-refractivity contribution in [2.75, 3.05) is 13.1 Å². The van der Waals surface area contributed by atoms with Gasteiger partial charge >= 0.3 is 12.1 Å². The van der Waals surface area contributed by atoms with Gasteiger partial charge < -0.3 is 20.1 Å². The summed E-state index contributed by atoms with van der Waals surface area (Å²) in [6, 6.07) is 8.91. The molecule has 2 amide bonds. The van der Waals surface area contributed by atoms with Gasteiger partial charge in [-0.15, -0.1) is 0 Å². The van der Waals surface area contributed by atoms with Crippen molar-refractivity contribution >= 4 is 18.0 Å². The third-order valence-corrected chi connectivity index (χ3v) is 5.02. The number of hydrogen-bond acceptors (Lipinski definition) is 4. The molecule has 2 N–H and O–H groups in total. The zero-order valence-corrected chi connectivity index (χ0v) is 17.8. The molecule has 1 saturated heterocycles. The maximum Gasteiger partial charge on any atom is 0.408 e. The van der Waals surface area contributed by atoms with E-state index in [0.29, 0.717) is 13.0 Å². The van der Waals surface area contributed by atoms with E-state index in [0.717, 1.165) is 5.56 Å². The molecule has 1 aliphatic heterocycles. The smallest absolute Gasteiger partial charge is 0.408 e. The Hall–Kier alpha value is -2.57. The number of carboxylic acid groups (broad SMARTS) is 1. The number of benzene rings is 1. The molecule has 0 spiro atoms. The van der Waals surface area contributed by atoms with Crippen LogP contribution in [0.3, 0.4) is 0 Å². The Morgan fingerprint density at radius 1 is 1.17 bits per heavy atom. The molecular formula is C22H32N2O5. The summed E-state index contributed by atoms with van der Waals surface area (Å²) in [4.78, 5) is 38.6. The van der Waals surface area contributed by atoms with Crippen LogP contribution in [0.5, 0.6) is 0 Å². The summed E-state index contributed by atoms with van der Waals surface area (Å²) in [6.45, 7) is 9.44. The third kappa shape index (κ3) is 6.48. The lowest BCUT2D eigenvalue weighted by Crippen LogP contribution is -2.51. The lowest BCUT2D eigenvalue weighted by atomic mass is 9.90. The minimum absolute atomic E-state index is 0.144. The van der Waals surface area contributed by atoms with Crippen molar-refractivity contribution < 1.29 is 24.2 Å². The molecule has 160 valence electrons. The Labute approximate surface area is 172 Å². The SMILES string of the molecule is CC(C)[C@H](NC(=O)OC(C)(C)C)C(=O)N1C[C@H](Cc2ccccc2)[C@@H](C(=O)O)C1. The standard InChI is InChI=1S/C22H32N2O5/c1-14(2)18(23-21(28)29-22(3,4)5)19(25)24-12-16(17(13-24)20(26)27)11-15-9-7-6-8-10-15/h6-10,14,16-18H,11-13H2,1-5H3,(H,23,28)(H,26,27)/t16-,17-,18-/m0/s1. The number of ether oxygens (including phenoxy) is 1. The van der Waals surface area contributed by atoms with Crippen LogP contribution in [0.4, 0.5) is 4.79 Å². The van der Waals surface area contributed by atoms with E-state index < -0.39 is 29.6 Å². The molecule has 1 aromatic carbocycles. The molecule has 29 heavy (non-hydrogen) atoms. The maximum atomic E-state index is 13.1. The number of likely N-dealkylation sites (tertiary alicyclic amines) is 1. The van der Waals surface area contributed by atoms with Crippen LogP contribution < -0.4 is 5.32 Å². The normalized spacial score (nSPS) is 20.4. The first-order chi connectivity index (χ1) is 13.5. The molecule has 7 nitrogen and oxygen atoms in total. The molecule has 1 fully saturated rings. The molecule has 0 unspecified atom stereocenters. The van der Waals surface area contributed by atoms with Gasteiger partial charge in [0.1, 0.15) is 11.6 Å². The van der Waals surface area contributed by atoms with Gasteiger partial charge in [0.2, 0.25) is 5.91 Å². The summed E-state index contributed by atoms with van der Waals surface area (Å²) in [5, 5.41) is 12.3. The van der Waals surface area contributed by atoms with E-state index in [-0.39, 0.29) is 24.3 Å². The van der Waals surface area contributed by atoms with Crippen molar-refractivity contribution in [3.05, 3.63) is 35.9 Å². The molecule has 2 rings (SSSR count). The van der Waals surface area contributed by atoms with Crippen LogP contribution in [-0.4, -0.2) is 52.7 Å². The lowest BCUT2D eigenvalue weighted by Gasteiger charge is -2.28. The Bertz CT molecular complexity index is 726. The second kappa shape index (κ2) is 9.29. The number of alkyl carbamates (subject to hydrolysis) is 1. The third-order valence-electron chi connectivity index (χ3n) is 5.02. The van der Waals surface area contributed by atoms with E-state index in [4.69, 9.17) is 4.74 Å². The largest absolute Gasteiger partial charge is 0.481 e. The van der Waals surface area contributed by atoms with Gasteiger partial charge in [-0.1, -0.05) is 44.2 Å². The number of amides is 2. The molecule has 0 radical (unpaired) electrons. The van der Waals surface area contributed by atoms with E-state index in [1.54, 1.807) is 25.7 Å². The van der Waals surface area contributed by atoms with E-state index in [9.17, 15) is 19.5 Å². The first-order valence-electron chi connectivity index (χ1n) is 10.0. The molecular weight excluding hydrogens is 372 g/mol. The number of carbonyl (C=O) groups excluding carboxylic acids is 2. The fourth-order valence-corrected chi connectivity index (χ4v) is 3.60. The summed E-state index contributed by atoms with van der Waals surface area (Å²) in [7, 11) is 0. The summed E-state index contributed by atoms with van der Waals surface area (Å²) in [5.74, 6) is -2.14. The van der Waals surface area contributed by atoms with Crippen LogP contribution in [0.25, 0.3) is 0 Å². The van der Waals surface area contributed by atoms with Crippen LogP contribution in [0.1, 0.15) is 40.2 Å². The quantitative estimate of drug-likeness (QED) is 0.760. The van der Waals surface area contributed by atoms with Crippen LogP contribution in [0.15, 0.2) is 30.3 Å². The fraction of sp³-hybridized carbons (Fsp3) is 0.591. The predicted octanol–water partition coefficient (Wildman–Crippen LogP) is 2.94. The number of aliphatic carboxylic acids is 1. The molecule has 0 aromatic heterocycles. The number of nitrogens with zero attached hydrogens (tertiary/aromatic N) is 1. The van der Waals surface area contributed by atoms with Crippen molar-refractivity contribution in [1.29, 1.82) is 0 Å². The van der Waals surface area contributed by atoms with E-state index in [1.807, 2.05) is 44.2 Å². The van der Waals surface area contributed by atoms with E-state index in [2.05, 4.69) is 5.32 Å². The molecule has 0 aliphatic carbocycles. The molecule has 7 heteroatoms. The second-order valence-corrected chi connectivity index (χ2v) is 9.01. The highest BCUT2D eigenvalue weighted by Crippen LogP contribution is 2.28. The van der Waals surface area contributed by atoms with E-state index >= 15 is 0 Å². The van der Waals surface area contributed by atoms with Crippen LogP contribution in [-0.2, 0) is 20.7 Å². The molecule has 1 heterocycles. The second-order valence-electron chi connectivity index (χ2n) is 9.01. The summed E-state index contributed by atoms with van der Waals surface area (Å²) < 4.78 is 5.28. The van der Waals surface area contributed by atoms with Gasteiger partial charge in [-0.2, -0.15) is 0 Å².